The van der Waals surface area contributed by atoms with Gasteiger partial charge in [-0.15, -0.1) is 11.3 Å². The second kappa shape index (κ2) is 6.36. The second-order valence-electron chi connectivity index (χ2n) is 4.40. The van der Waals surface area contributed by atoms with Gasteiger partial charge in [-0.3, -0.25) is 14.9 Å². The molecule has 0 aliphatic rings. The summed E-state index contributed by atoms with van der Waals surface area (Å²) in [5.41, 5.74) is -1.03. The van der Waals surface area contributed by atoms with Crippen LogP contribution >= 0.6 is 11.3 Å². The van der Waals surface area contributed by atoms with Crippen LogP contribution in [0, 0.1) is 10.1 Å². The summed E-state index contributed by atoms with van der Waals surface area (Å²) in [6, 6.07) is 1.37. The number of nitro groups is 1. The van der Waals surface area contributed by atoms with Gasteiger partial charge in [0.25, 0.3) is 5.91 Å². The van der Waals surface area contributed by atoms with E-state index in [1.54, 1.807) is 6.92 Å². The molecule has 0 saturated carbocycles. The van der Waals surface area contributed by atoms with Crippen LogP contribution in [-0.4, -0.2) is 15.8 Å². The van der Waals surface area contributed by atoms with Crippen molar-refractivity contribution in [2.75, 3.05) is 0 Å². The second-order valence-corrected chi connectivity index (χ2v) is 5.29. The SMILES string of the molecule is CC[C@H](NC(=O)c1ccc([N+](=O)[O-])o1)c1nc(C(F)(F)F)cs1. The Labute approximate surface area is 131 Å². The molecule has 0 unspecified atom stereocenters. The molecule has 2 aromatic heterocycles. The quantitative estimate of drug-likeness (QED) is 0.657. The molecule has 2 rings (SSSR count). The highest BCUT2D eigenvalue weighted by Crippen LogP contribution is 2.32. The van der Waals surface area contributed by atoms with Crippen molar-refractivity contribution in [1.29, 1.82) is 0 Å². The number of rotatable bonds is 5. The first-order valence-electron chi connectivity index (χ1n) is 6.30. The standard InChI is InChI=1S/C12H10F3N3O4S/c1-2-6(11-17-8(5-23-11)12(13,14)15)16-10(19)7-3-4-9(22-7)18(20)21/h3-6H,2H2,1H3,(H,16,19)/t6-/m0/s1. The van der Waals surface area contributed by atoms with E-state index in [9.17, 15) is 28.1 Å². The molecule has 0 spiro atoms. The Hall–Kier alpha value is -2.43. The highest BCUT2D eigenvalue weighted by Gasteiger charge is 2.34. The number of hydrogen-bond donors (Lipinski definition) is 1. The van der Waals surface area contributed by atoms with Gasteiger partial charge in [0.2, 0.25) is 0 Å². The van der Waals surface area contributed by atoms with Crippen LogP contribution in [0.25, 0.3) is 0 Å². The third kappa shape index (κ3) is 3.86. The molecule has 1 amide bonds. The first kappa shape index (κ1) is 16.9. The fourth-order valence-corrected chi connectivity index (χ4v) is 2.65. The molecule has 1 atom stereocenters. The van der Waals surface area contributed by atoms with Crippen LogP contribution in [-0.2, 0) is 6.18 Å². The van der Waals surface area contributed by atoms with Gasteiger partial charge < -0.3 is 9.73 Å². The summed E-state index contributed by atoms with van der Waals surface area (Å²) in [5.74, 6) is -1.67. The lowest BCUT2D eigenvalue weighted by molar-refractivity contribution is -0.402. The molecule has 124 valence electrons. The number of aromatic nitrogens is 1. The van der Waals surface area contributed by atoms with Gasteiger partial charge in [0.1, 0.15) is 9.93 Å². The molecule has 0 aliphatic carbocycles. The largest absolute Gasteiger partial charge is 0.434 e. The van der Waals surface area contributed by atoms with E-state index in [1.165, 1.54) is 0 Å². The van der Waals surface area contributed by atoms with Crippen LogP contribution in [0.15, 0.2) is 21.9 Å². The number of carbonyl (C=O) groups is 1. The molecule has 0 bridgehead atoms. The van der Waals surface area contributed by atoms with Gasteiger partial charge in [0.05, 0.1) is 12.1 Å². The average molecular weight is 349 g/mol. The van der Waals surface area contributed by atoms with Gasteiger partial charge in [-0.1, -0.05) is 6.92 Å². The molecular formula is C12H10F3N3O4S. The molecule has 0 saturated heterocycles. The van der Waals surface area contributed by atoms with Gasteiger partial charge in [-0.25, -0.2) is 4.98 Å². The maximum absolute atomic E-state index is 12.6. The van der Waals surface area contributed by atoms with Crippen molar-refractivity contribution in [3.8, 4) is 0 Å². The maximum atomic E-state index is 12.6. The van der Waals surface area contributed by atoms with Crippen molar-refractivity contribution in [1.82, 2.24) is 10.3 Å². The third-order valence-corrected chi connectivity index (χ3v) is 3.78. The van der Waals surface area contributed by atoms with E-state index in [-0.39, 0.29) is 10.8 Å². The van der Waals surface area contributed by atoms with Crippen molar-refractivity contribution in [3.63, 3.8) is 0 Å². The molecule has 2 heterocycles. The van der Waals surface area contributed by atoms with Crippen LogP contribution in [0.2, 0.25) is 0 Å². The number of hydrogen-bond acceptors (Lipinski definition) is 6. The normalized spacial score (nSPS) is 12.9. The first-order chi connectivity index (χ1) is 10.7. The number of thiazole rings is 1. The maximum Gasteiger partial charge on any atom is 0.434 e. The summed E-state index contributed by atoms with van der Waals surface area (Å²) in [4.78, 5) is 25.1. The zero-order valence-electron chi connectivity index (χ0n) is 11.6. The van der Waals surface area contributed by atoms with E-state index < -0.39 is 34.6 Å². The summed E-state index contributed by atoms with van der Waals surface area (Å²) >= 11 is 0.772. The van der Waals surface area contributed by atoms with Crippen molar-refractivity contribution < 1.29 is 27.3 Å². The lowest BCUT2D eigenvalue weighted by Gasteiger charge is -2.13. The molecule has 0 aliphatic heterocycles. The Morgan fingerprint density at radius 3 is 2.70 bits per heavy atom. The van der Waals surface area contributed by atoms with Crippen molar-refractivity contribution in [2.45, 2.75) is 25.6 Å². The topological polar surface area (TPSA) is 98.3 Å². The summed E-state index contributed by atoms with van der Waals surface area (Å²) in [6.45, 7) is 1.66. The summed E-state index contributed by atoms with van der Waals surface area (Å²) in [7, 11) is 0. The van der Waals surface area contributed by atoms with E-state index in [0.717, 1.165) is 28.8 Å². The van der Waals surface area contributed by atoms with Crippen molar-refractivity contribution in [2.24, 2.45) is 0 Å². The summed E-state index contributed by atoms with van der Waals surface area (Å²) in [5, 5.41) is 13.9. The molecule has 1 N–H and O–H groups in total. The van der Waals surface area contributed by atoms with E-state index in [1.807, 2.05) is 0 Å². The molecular weight excluding hydrogens is 339 g/mol. The minimum Gasteiger partial charge on any atom is -0.395 e. The van der Waals surface area contributed by atoms with E-state index in [0.29, 0.717) is 6.42 Å². The zero-order valence-corrected chi connectivity index (χ0v) is 12.4. The molecule has 11 heteroatoms. The highest BCUT2D eigenvalue weighted by atomic mass is 32.1. The Kier molecular flexibility index (Phi) is 4.68. The Bertz CT molecular complexity index is 725. The van der Waals surface area contributed by atoms with Crippen LogP contribution in [0.1, 0.15) is 40.6 Å². The van der Waals surface area contributed by atoms with Gasteiger partial charge >= 0.3 is 12.1 Å². The number of halogens is 3. The van der Waals surface area contributed by atoms with Crippen molar-refractivity contribution in [3.05, 3.63) is 44.1 Å². The predicted molar refractivity (Wildman–Crippen MR) is 73.0 cm³/mol. The van der Waals surface area contributed by atoms with Gasteiger partial charge in [-0.05, 0) is 12.5 Å². The fourth-order valence-electron chi connectivity index (χ4n) is 1.69. The van der Waals surface area contributed by atoms with Crippen LogP contribution in [0.3, 0.4) is 0 Å². The van der Waals surface area contributed by atoms with Crippen LogP contribution in [0.5, 0.6) is 0 Å². The predicted octanol–water partition coefficient (Wildman–Crippen LogP) is 3.54. The lowest BCUT2D eigenvalue weighted by Crippen LogP contribution is -2.27. The number of nitrogens with zero attached hydrogens (tertiary/aromatic N) is 2. The molecule has 0 radical (unpaired) electrons. The van der Waals surface area contributed by atoms with E-state index >= 15 is 0 Å². The van der Waals surface area contributed by atoms with Gasteiger partial charge in [0, 0.05) is 5.38 Å². The fraction of sp³-hybridized carbons (Fsp3) is 0.333. The number of carbonyl (C=O) groups excluding carboxylic acids is 1. The number of furan rings is 1. The average Bonchev–Trinajstić information content (AvgIpc) is 3.12. The number of alkyl halides is 3. The lowest BCUT2D eigenvalue weighted by atomic mass is 10.2. The number of nitrogens with one attached hydrogen (secondary N) is 1. The van der Waals surface area contributed by atoms with Crippen molar-refractivity contribution >= 4 is 23.1 Å². The Morgan fingerprint density at radius 2 is 2.22 bits per heavy atom. The molecule has 2 aromatic rings. The highest BCUT2D eigenvalue weighted by molar-refractivity contribution is 7.09. The Morgan fingerprint density at radius 1 is 1.52 bits per heavy atom. The van der Waals surface area contributed by atoms with E-state index in [2.05, 4.69) is 10.3 Å². The van der Waals surface area contributed by atoms with Crippen LogP contribution in [0.4, 0.5) is 19.1 Å². The van der Waals surface area contributed by atoms with Gasteiger partial charge in [0.15, 0.2) is 11.5 Å². The number of amides is 1. The minimum absolute atomic E-state index is 0.0919. The molecule has 0 aromatic carbocycles. The Balaban J connectivity index is 2.13. The van der Waals surface area contributed by atoms with E-state index in [4.69, 9.17) is 4.42 Å². The monoisotopic (exact) mass is 349 g/mol. The molecule has 7 nitrogen and oxygen atoms in total. The van der Waals surface area contributed by atoms with Gasteiger partial charge in [-0.2, -0.15) is 13.2 Å². The van der Waals surface area contributed by atoms with Crippen LogP contribution < -0.4 is 5.32 Å². The smallest absolute Gasteiger partial charge is 0.395 e. The molecule has 23 heavy (non-hydrogen) atoms. The zero-order chi connectivity index (χ0) is 17.2. The first-order valence-corrected chi connectivity index (χ1v) is 7.18. The minimum atomic E-state index is -4.56. The molecule has 0 fully saturated rings. The third-order valence-electron chi connectivity index (χ3n) is 2.82. The summed E-state index contributed by atoms with van der Waals surface area (Å²) < 4.78 is 42.4. The summed E-state index contributed by atoms with van der Waals surface area (Å²) in [6.07, 6.45) is -4.27.